The van der Waals surface area contributed by atoms with Gasteiger partial charge in [-0.2, -0.15) is 0 Å². The number of nitrogens with zero attached hydrogens (tertiary/aromatic N) is 1. The Morgan fingerprint density at radius 1 is 0.963 bits per heavy atom. The van der Waals surface area contributed by atoms with Crippen molar-refractivity contribution >= 4 is 11.9 Å². The van der Waals surface area contributed by atoms with Gasteiger partial charge in [-0.15, -0.1) is 0 Å². The van der Waals surface area contributed by atoms with Crippen molar-refractivity contribution in [2.75, 3.05) is 7.11 Å². The molecule has 0 aliphatic rings. The fourth-order valence-electron chi connectivity index (χ4n) is 2.75. The summed E-state index contributed by atoms with van der Waals surface area (Å²) in [6, 6.07) is 18.3. The van der Waals surface area contributed by atoms with E-state index in [2.05, 4.69) is 18.0 Å². The van der Waals surface area contributed by atoms with Crippen LogP contribution in [0.4, 0.5) is 10.1 Å². The van der Waals surface area contributed by atoms with Crippen LogP contribution in [-0.4, -0.2) is 13.3 Å². The van der Waals surface area contributed by atoms with E-state index >= 15 is 0 Å². The van der Waals surface area contributed by atoms with Gasteiger partial charge in [-0.1, -0.05) is 35.9 Å². The van der Waals surface area contributed by atoms with Gasteiger partial charge < -0.3 is 9.47 Å². The first-order chi connectivity index (χ1) is 13.1. The molecule has 3 rings (SSSR count). The molecule has 0 saturated carbocycles. The molecule has 0 aliphatic carbocycles. The summed E-state index contributed by atoms with van der Waals surface area (Å²) >= 11 is 0. The summed E-state index contributed by atoms with van der Waals surface area (Å²) in [6.45, 7) is 4.24. The summed E-state index contributed by atoms with van der Waals surface area (Å²) in [5.41, 5.74) is 4.66. The molecule has 27 heavy (non-hydrogen) atoms. The summed E-state index contributed by atoms with van der Waals surface area (Å²) in [7, 11) is 1.58. The first-order valence-electron chi connectivity index (χ1n) is 8.72. The monoisotopic (exact) mass is 363 g/mol. The molecule has 0 aliphatic heterocycles. The van der Waals surface area contributed by atoms with E-state index in [1.165, 1.54) is 11.6 Å². The topological polar surface area (TPSA) is 30.8 Å². The first-order valence-corrected chi connectivity index (χ1v) is 8.72. The third-order valence-electron chi connectivity index (χ3n) is 4.23. The second-order valence-corrected chi connectivity index (χ2v) is 6.34. The lowest BCUT2D eigenvalue weighted by molar-refractivity contribution is 0.279. The van der Waals surface area contributed by atoms with Crippen molar-refractivity contribution in [3.05, 3.63) is 88.7 Å². The number of hydrogen-bond acceptors (Lipinski definition) is 3. The minimum absolute atomic E-state index is 0.138. The van der Waals surface area contributed by atoms with Gasteiger partial charge in [0.1, 0.15) is 12.4 Å². The lowest BCUT2D eigenvalue weighted by atomic mass is 10.1. The Balaban J connectivity index is 1.75. The highest BCUT2D eigenvalue weighted by molar-refractivity contribution is 5.83. The fraction of sp³-hybridized carbons (Fsp3) is 0.174. The Morgan fingerprint density at radius 3 is 2.52 bits per heavy atom. The molecule has 3 aromatic rings. The highest BCUT2D eigenvalue weighted by Gasteiger charge is 2.07. The number of rotatable bonds is 6. The number of aliphatic imine (C=N–C) groups is 1. The van der Waals surface area contributed by atoms with Gasteiger partial charge >= 0.3 is 0 Å². The lowest BCUT2D eigenvalue weighted by Gasteiger charge is -2.11. The van der Waals surface area contributed by atoms with Crippen LogP contribution in [0.1, 0.15) is 22.3 Å². The molecule has 0 atom stereocenters. The third-order valence-corrected chi connectivity index (χ3v) is 4.23. The quantitative estimate of drug-likeness (QED) is 0.520. The van der Waals surface area contributed by atoms with E-state index in [0.717, 1.165) is 16.8 Å². The van der Waals surface area contributed by atoms with Crippen LogP contribution < -0.4 is 9.47 Å². The molecule has 3 nitrogen and oxygen atoms in total. The van der Waals surface area contributed by atoms with Gasteiger partial charge in [0.05, 0.1) is 12.8 Å². The molecule has 138 valence electrons. The molecule has 0 bridgehead atoms. The Labute approximate surface area is 159 Å². The van der Waals surface area contributed by atoms with E-state index in [0.29, 0.717) is 17.1 Å². The summed E-state index contributed by atoms with van der Waals surface area (Å²) in [5.74, 6) is 0.856. The molecule has 0 spiro atoms. The van der Waals surface area contributed by atoms with Crippen molar-refractivity contribution in [1.29, 1.82) is 0 Å². The molecule has 0 fully saturated rings. The molecule has 0 unspecified atom stereocenters. The zero-order valence-corrected chi connectivity index (χ0v) is 15.7. The predicted molar refractivity (Wildman–Crippen MR) is 107 cm³/mol. The summed E-state index contributed by atoms with van der Waals surface area (Å²) in [6.07, 6.45) is 1.79. The second-order valence-electron chi connectivity index (χ2n) is 6.34. The van der Waals surface area contributed by atoms with Crippen LogP contribution in [0.25, 0.3) is 0 Å². The van der Waals surface area contributed by atoms with E-state index in [-0.39, 0.29) is 12.4 Å². The van der Waals surface area contributed by atoms with Crippen LogP contribution >= 0.6 is 0 Å². The van der Waals surface area contributed by atoms with Gasteiger partial charge in [0, 0.05) is 11.8 Å². The van der Waals surface area contributed by atoms with Crippen LogP contribution in [-0.2, 0) is 6.61 Å². The van der Waals surface area contributed by atoms with Crippen LogP contribution in [0.3, 0.4) is 0 Å². The van der Waals surface area contributed by atoms with Crippen LogP contribution in [0.5, 0.6) is 11.5 Å². The maximum absolute atomic E-state index is 13.7. The van der Waals surface area contributed by atoms with Gasteiger partial charge in [0.2, 0.25) is 0 Å². The number of aryl methyl sites for hydroxylation is 2. The zero-order chi connectivity index (χ0) is 19.2. The Morgan fingerprint density at radius 2 is 1.78 bits per heavy atom. The molecule has 0 heterocycles. The van der Waals surface area contributed by atoms with E-state index in [1.807, 2.05) is 37.3 Å². The maximum Gasteiger partial charge on any atom is 0.161 e. The van der Waals surface area contributed by atoms with Crippen molar-refractivity contribution in [3.8, 4) is 11.5 Å². The van der Waals surface area contributed by atoms with Crippen LogP contribution in [0.15, 0.2) is 65.7 Å². The van der Waals surface area contributed by atoms with Gasteiger partial charge in [-0.3, -0.25) is 4.99 Å². The standard InChI is InChI=1S/C23H22FNO2/c1-16-8-10-21(17(2)12-16)25-14-18-9-11-22(23(13-18)26-3)27-15-19-6-4-5-7-20(19)24/h4-14H,15H2,1-3H3. The Hall–Kier alpha value is -3.14. The lowest BCUT2D eigenvalue weighted by Crippen LogP contribution is -2.00. The van der Waals surface area contributed by atoms with Crippen molar-refractivity contribution in [2.45, 2.75) is 20.5 Å². The molecule has 0 amide bonds. The molecule has 0 saturated heterocycles. The van der Waals surface area contributed by atoms with E-state index in [1.54, 1.807) is 31.5 Å². The Bertz CT molecular complexity index is 966. The SMILES string of the molecule is COc1cc(C=Nc2ccc(C)cc2C)ccc1OCc1ccccc1F. The molecule has 0 aromatic heterocycles. The molecular formula is C23H22FNO2. The summed E-state index contributed by atoms with van der Waals surface area (Å²) in [5, 5.41) is 0. The van der Waals surface area contributed by atoms with Gasteiger partial charge in [-0.05, 0) is 55.3 Å². The average molecular weight is 363 g/mol. The molecule has 3 aromatic carbocycles. The van der Waals surface area contributed by atoms with Crippen molar-refractivity contribution in [1.82, 2.24) is 0 Å². The van der Waals surface area contributed by atoms with Crippen LogP contribution in [0.2, 0.25) is 0 Å². The average Bonchev–Trinajstić information content (AvgIpc) is 2.67. The number of ether oxygens (including phenoxy) is 2. The second kappa shape index (κ2) is 8.49. The fourth-order valence-corrected chi connectivity index (χ4v) is 2.75. The maximum atomic E-state index is 13.7. The van der Waals surface area contributed by atoms with Crippen molar-refractivity contribution in [2.24, 2.45) is 4.99 Å². The zero-order valence-electron chi connectivity index (χ0n) is 15.7. The number of benzene rings is 3. The highest BCUT2D eigenvalue weighted by atomic mass is 19.1. The number of hydrogen-bond donors (Lipinski definition) is 0. The van der Waals surface area contributed by atoms with Gasteiger partial charge in [0.15, 0.2) is 11.5 Å². The minimum atomic E-state index is -0.284. The van der Waals surface area contributed by atoms with Crippen LogP contribution in [0, 0.1) is 19.7 Å². The molecule has 4 heteroatoms. The van der Waals surface area contributed by atoms with Crippen molar-refractivity contribution in [3.63, 3.8) is 0 Å². The Kier molecular flexibility index (Phi) is 5.87. The number of halogens is 1. The summed E-state index contributed by atoms with van der Waals surface area (Å²) in [4.78, 5) is 4.56. The minimum Gasteiger partial charge on any atom is -0.493 e. The van der Waals surface area contributed by atoms with E-state index in [4.69, 9.17) is 9.47 Å². The predicted octanol–water partition coefficient (Wildman–Crippen LogP) is 5.78. The van der Waals surface area contributed by atoms with Gasteiger partial charge in [-0.25, -0.2) is 4.39 Å². The van der Waals surface area contributed by atoms with Crippen molar-refractivity contribution < 1.29 is 13.9 Å². The molecular weight excluding hydrogens is 341 g/mol. The van der Waals surface area contributed by atoms with E-state index < -0.39 is 0 Å². The summed E-state index contributed by atoms with van der Waals surface area (Å²) < 4.78 is 24.9. The third kappa shape index (κ3) is 4.73. The van der Waals surface area contributed by atoms with Gasteiger partial charge in [0.25, 0.3) is 0 Å². The molecule has 0 radical (unpaired) electrons. The highest BCUT2D eigenvalue weighted by Crippen LogP contribution is 2.29. The molecule has 0 N–H and O–H groups in total. The largest absolute Gasteiger partial charge is 0.493 e. The first kappa shape index (κ1) is 18.6. The normalized spacial score (nSPS) is 11.0. The smallest absolute Gasteiger partial charge is 0.161 e. The van der Waals surface area contributed by atoms with E-state index in [9.17, 15) is 4.39 Å². The number of methoxy groups -OCH3 is 1.